The number of benzene rings is 2. The molecular weight excluding hydrogens is 325 g/mol. The number of nitrogens with zero attached hydrogens (tertiary/aromatic N) is 1. The second-order valence-corrected chi connectivity index (χ2v) is 4.99. The summed E-state index contributed by atoms with van der Waals surface area (Å²) in [5.41, 5.74) is 1.11. The number of halogens is 3. The van der Waals surface area contributed by atoms with Crippen LogP contribution >= 0.6 is 0 Å². The summed E-state index contributed by atoms with van der Waals surface area (Å²) in [4.78, 5) is 25.4. The predicted molar refractivity (Wildman–Crippen MR) is 78.6 cm³/mol. The minimum atomic E-state index is -4.75. The molecule has 0 bridgehead atoms. The van der Waals surface area contributed by atoms with Crippen LogP contribution in [0.3, 0.4) is 0 Å². The van der Waals surface area contributed by atoms with Gasteiger partial charge in [-0.05, 0) is 36.4 Å². The van der Waals surface area contributed by atoms with Crippen molar-refractivity contribution in [2.45, 2.75) is 6.36 Å². The summed E-state index contributed by atoms with van der Waals surface area (Å²) in [6, 6.07) is 11.5. The van der Waals surface area contributed by atoms with Crippen LogP contribution in [0.5, 0.6) is 5.75 Å². The first kappa shape index (κ1) is 15.9. The molecule has 0 fully saturated rings. The third-order valence-electron chi connectivity index (χ3n) is 3.41. The normalized spacial score (nSPS) is 13.9. The summed E-state index contributed by atoms with van der Waals surface area (Å²) in [6.45, 7) is -0.0914. The van der Waals surface area contributed by atoms with E-state index in [-0.39, 0.29) is 12.4 Å². The molecule has 2 aromatic carbocycles. The molecule has 0 spiro atoms. The molecule has 2 aromatic rings. The number of hydrogen-bond donors (Lipinski definition) is 1. The van der Waals surface area contributed by atoms with Gasteiger partial charge in [-0.3, -0.25) is 14.5 Å². The van der Waals surface area contributed by atoms with E-state index < -0.39 is 18.2 Å². The third-order valence-corrected chi connectivity index (χ3v) is 3.41. The molecule has 2 amide bonds. The van der Waals surface area contributed by atoms with Crippen molar-refractivity contribution in [1.82, 2.24) is 4.90 Å². The van der Waals surface area contributed by atoms with Gasteiger partial charge in [0.1, 0.15) is 5.75 Å². The minimum Gasteiger partial charge on any atom is -0.406 e. The number of imide groups is 1. The maximum absolute atomic E-state index is 12.2. The molecule has 0 saturated heterocycles. The zero-order valence-corrected chi connectivity index (χ0v) is 12.1. The summed E-state index contributed by atoms with van der Waals surface area (Å²) in [6.07, 6.45) is -4.75. The van der Waals surface area contributed by atoms with Gasteiger partial charge in [0.15, 0.2) is 0 Å². The Hall–Kier alpha value is -3.03. The van der Waals surface area contributed by atoms with E-state index in [1.54, 1.807) is 24.3 Å². The second kappa shape index (κ2) is 5.88. The molecule has 8 heteroatoms. The Morgan fingerprint density at radius 3 is 1.96 bits per heavy atom. The fraction of sp³-hybridized carbons (Fsp3) is 0.125. The maximum atomic E-state index is 12.2. The Morgan fingerprint density at radius 2 is 1.46 bits per heavy atom. The first-order valence-corrected chi connectivity index (χ1v) is 6.90. The van der Waals surface area contributed by atoms with Crippen LogP contribution in [0, 0.1) is 0 Å². The van der Waals surface area contributed by atoms with Crippen molar-refractivity contribution in [3.63, 3.8) is 0 Å². The molecule has 5 nitrogen and oxygen atoms in total. The van der Waals surface area contributed by atoms with Gasteiger partial charge in [-0.1, -0.05) is 12.1 Å². The highest BCUT2D eigenvalue weighted by Crippen LogP contribution is 2.25. The van der Waals surface area contributed by atoms with Crippen molar-refractivity contribution >= 4 is 17.5 Å². The van der Waals surface area contributed by atoms with E-state index in [4.69, 9.17) is 0 Å². The molecule has 124 valence electrons. The molecule has 1 heterocycles. The number of rotatable bonds is 4. The van der Waals surface area contributed by atoms with E-state index in [1.807, 2.05) is 0 Å². The number of carbonyl (C=O) groups excluding carboxylic acids is 2. The molecule has 3 rings (SSSR count). The average molecular weight is 336 g/mol. The molecule has 1 aliphatic heterocycles. The van der Waals surface area contributed by atoms with Crippen molar-refractivity contribution in [3.8, 4) is 5.75 Å². The van der Waals surface area contributed by atoms with Crippen molar-refractivity contribution in [1.29, 1.82) is 0 Å². The van der Waals surface area contributed by atoms with Gasteiger partial charge in [-0.25, -0.2) is 0 Å². The molecule has 0 radical (unpaired) electrons. The van der Waals surface area contributed by atoms with E-state index >= 15 is 0 Å². The number of hydrogen-bond acceptors (Lipinski definition) is 4. The van der Waals surface area contributed by atoms with Gasteiger partial charge in [-0.2, -0.15) is 0 Å². The highest BCUT2D eigenvalue weighted by molar-refractivity contribution is 6.21. The van der Waals surface area contributed by atoms with Crippen molar-refractivity contribution in [2.24, 2.45) is 0 Å². The summed E-state index contributed by atoms with van der Waals surface area (Å²) in [7, 11) is 0. The van der Waals surface area contributed by atoms with Crippen LogP contribution < -0.4 is 10.1 Å². The van der Waals surface area contributed by atoms with Crippen molar-refractivity contribution < 1.29 is 27.5 Å². The van der Waals surface area contributed by atoms with Gasteiger partial charge in [0.2, 0.25) is 0 Å². The monoisotopic (exact) mass is 336 g/mol. The van der Waals surface area contributed by atoms with Crippen LogP contribution in [-0.2, 0) is 0 Å². The molecule has 0 aliphatic carbocycles. The molecule has 1 aliphatic rings. The molecule has 0 unspecified atom stereocenters. The summed E-state index contributed by atoms with van der Waals surface area (Å²) in [5, 5.41) is 2.82. The van der Waals surface area contributed by atoms with Crippen LogP contribution in [0.2, 0.25) is 0 Å². The van der Waals surface area contributed by atoms with E-state index in [0.29, 0.717) is 16.8 Å². The van der Waals surface area contributed by atoms with Crippen molar-refractivity contribution in [2.75, 3.05) is 12.0 Å². The van der Waals surface area contributed by atoms with Crippen LogP contribution in [0.4, 0.5) is 18.9 Å². The zero-order chi connectivity index (χ0) is 17.3. The lowest BCUT2D eigenvalue weighted by Crippen LogP contribution is -2.34. The van der Waals surface area contributed by atoms with Crippen LogP contribution in [-0.4, -0.2) is 29.7 Å². The fourth-order valence-corrected chi connectivity index (χ4v) is 2.33. The van der Waals surface area contributed by atoms with E-state index in [0.717, 1.165) is 17.0 Å². The minimum absolute atomic E-state index is 0.0914. The number of fused-ring (bicyclic) bond motifs is 1. The molecule has 0 atom stereocenters. The Balaban J connectivity index is 1.65. The Morgan fingerprint density at radius 1 is 0.917 bits per heavy atom. The van der Waals surface area contributed by atoms with Crippen molar-refractivity contribution in [3.05, 3.63) is 59.7 Å². The van der Waals surface area contributed by atoms with Gasteiger partial charge >= 0.3 is 6.36 Å². The van der Waals surface area contributed by atoms with E-state index in [1.165, 1.54) is 12.1 Å². The predicted octanol–water partition coefficient (Wildman–Crippen LogP) is 3.25. The molecule has 24 heavy (non-hydrogen) atoms. The summed E-state index contributed by atoms with van der Waals surface area (Å²) in [5.74, 6) is -1.19. The summed E-state index contributed by atoms with van der Waals surface area (Å²) >= 11 is 0. The van der Waals surface area contributed by atoms with Gasteiger partial charge in [0.25, 0.3) is 11.8 Å². The van der Waals surface area contributed by atoms with E-state index in [2.05, 4.69) is 10.1 Å². The number of amides is 2. The zero-order valence-electron chi connectivity index (χ0n) is 12.1. The molecule has 0 aromatic heterocycles. The van der Waals surface area contributed by atoms with Gasteiger partial charge < -0.3 is 10.1 Å². The Kier molecular flexibility index (Phi) is 3.88. The summed E-state index contributed by atoms with van der Waals surface area (Å²) < 4.78 is 40.0. The van der Waals surface area contributed by atoms with Gasteiger partial charge in [-0.15, -0.1) is 13.2 Å². The Labute approximate surface area is 134 Å². The van der Waals surface area contributed by atoms with Gasteiger partial charge in [0.05, 0.1) is 17.8 Å². The SMILES string of the molecule is O=C1c2ccccc2C(=O)N1CNc1ccc(OC(F)(F)F)cc1. The highest BCUT2D eigenvalue weighted by Gasteiger charge is 2.34. The average Bonchev–Trinajstić information content (AvgIpc) is 2.77. The number of alkyl halides is 3. The number of carbonyl (C=O) groups is 2. The van der Waals surface area contributed by atoms with Gasteiger partial charge in [0, 0.05) is 5.69 Å². The second-order valence-electron chi connectivity index (χ2n) is 4.99. The number of anilines is 1. The fourth-order valence-electron chi connectivity index (χ4n) is 2.33. The lowest BCUT2D eigenvalue weighted by Gasteiger charge is -2.16. The van der Waals surface area contributed by atoms with E-state index in [9.17, 15) is 22.8 Å². The largest absolute Gasteiger partial charge is 0.573 e. The first-order chi connectivity index (χ1) is 11.3. The van der Waals surface area contributed by atoms with Crippen LogP contribution in [0.1, 0.15) is 20.7 Å². The number of ether oxygens (including phenoxy) is 1. The Bertz CT molecular complexity index is 753. The molecule has 1 N–H and O–H groups in total. The quantitative estimate of drug-likeness (QED) is 0.871. The van der Waals surface area contributed by atoms with Crippen LogP contribution in [0.25, 0.3) is 0 Å². The lowest BCUT2D eigenvalue weighted by atomic mass is 10.1. The highest BCUT2D eigenvalue weighted by atomic mass is 19.4. The smallest absolute Gasteiger partial charge is 0.406 e. The standard InChI is InChI=1S/C16H11F3N2O3/c17-16(18,19)24-11-7-5-10(6-8-11)20-9-21-14(22)12-3-1-2-4-13(12)15(21)23/h1-8,20H,9H2. The third kappa shape index (κ3) is 3.17. The van der Waals surface area contributed by atoms with Crippen LogP contribution in [0.15, 0.2) is 48.5 Å². The molecule has 0 saturated carbocycles. The lowest BCUT2D eigenvalue weighted by molar-refractivity contribution is -0.274. The topological polar surface area (TPSA) is 58.6 Å². The molecular formula is C16H11F3N2O3. The first-order valence-electron chi connectivity index (χ1n) is 6.90. The maximum Gasteiger partial charge on any atom is 0.573 e. The number of nitrogens with one attached hydrogen (secondary N) is 1.